The van der Waals surface area contributed by atoms with Gasteiger partial charge in [-0.15, -0.1) is 11.3 Å². The molecule has 2 heterocycles. The van der Waals surface area contributed by atoms with Crippen LogP contribution in [0.5, 0.6) is 0 Å². The van der Waals surface area contributed by atoms with Gasteiger partial charge in [0.2, 0.25) is 0 Å². The Balaban J connectivity index is 2.03. The molecule has 18 heavy (non-hydrogen) atoms. The largest absolute Gasteiger partial charge is 0.310 e. The Kier molecular flexibility index (Phi) is 5.07. The molecule has 1 N–H and O–H groups in total. The van der Waals surface area contributed by atoms with Gasteiger partial charge in [0.15, 0.2) is 0 Å². The van der Waals surface area contributed by atoms with Crippen LogP contribution >= 0.6 is 22.9 Å². The van der Waals surface area contributed by atoms with E-state index in [1.54, 1.807) is 11.3 Å². The number of rotatable bonds is 4. The molecular weight excluding hydrogens is 264 g/mol. The van der Waals surface area contributed by atoms with Crippen molar-refractivity contribution in [3.63, 3.8) is 0 Å². The van der Waals surface area contributed by atoms with Gasteiger partial charge >= 0.3 is 0 Å². The third kappa shape index (κ3) is 3.47. The molecule has 0 unspecified atom stereocenters. The van der Waals surface area contributed by atoms with E-state index in [-0.39, 0.29) is 0 Å². The molecule has 0 radical (unpaired) electrons. The van der Waals surface area contributed by atoms with Crippen LogP contribution in [0.3, 0.4) is 0 Å². The molecule has 0 amide bonds. The Bertz CT molecular complexity index is 374. The standard InChI is InChI=1S/C14H23ClN2S/c1-3-14(4-2)11-17(9-5-8-16-14)10-12-6-7-13(15)18-12/h6-7,16H,3-5,8-11H2,1-2H3. The minimum atomic E-state index is 0.303. The molecule has 0 spiro atoms. The lowest BCUT2D eigenvalue weighted by atomic mass is 9.92. The molecular formula is C14H23ClN2S. The van der Waals surface area contributed by atoms with E-state index in [1.165, 1.54) is 30.7 Å². The van der Waals surface area contributed by atoms with Crippen molar-refractivity contribution in [1.29, 1.82) is 0 Å². The van der Waals surface area contributed by atoms with Crippen LogP contribution in [0.4, 0.5) is 0 Å². The fourth-order valence-corrected chi connectivity index (χ4v) is 3.86. The van der Waals surface area contributed by atoms with Crippen LogP contribution < -0.4 is 5.32 Å². The average Bonchev–Trinajstić information content (AvgIpc) is 2.66. The van der Waals surface area contributed by atoms with Gasteiger partial charge in [0.1, 0.15) is 0 Å². The second kappa shape index (κ2) is 6.38. The third-order valence-corrected chi connectivity index (χ3v) is 5.26. The zero-order chi connectivity index (χ0) is 13.0. The van der Waals surface area contributed by atoms with Gasteiger partial charge in [-0.2, -0.15) is 0 Å². The van der Waals surface area contributed by atoms with E-state index in [4.69, 9.17) is 11.6 Å². The fourth-order valence-electron chi connectivity index (χ4n) is 2.73. The molecule has 0 atom stereocenters. The number of nitrogens with one attached hydrogen (secondary N) is 1. The Morgan fingerprint density at radius 1 is 1.39 bits per heavy atom. The van der Waals surface area contributed by atoms with Crippen LogP contribution in [-0.4, -0.2) is 30.1 Å². The van der Waals surface area contributed by atoms with Crippen molar-refractivity contribution in [2.75, 3.05) is 19.6 Å². The quantitative estimate of drug-likeness (QED) is 0.907. The normalized spacial score (nSPS) is 20.8. The summed E-state index contributed by atoms with van der Waals surface area (Å²) >= 11 is 7.72. The molecule has 0 aliphatic carbocycles. The summed E-state index contributed by atoms with van der Waals surface area (Å²) in [6.45, 7) is 9.11. The first-order chi connectivity index (χ1) is 8.67. The van der Waals surface area contributed by atoms with Crippen LogP contribution in [0.2, 0.25) is 4.34 Å². The Morgan fingerprint density at radius 2 is 2.17 bits per heavy atom. The zero-order valence-electron chi connectivity index (χ0n) is 11.3. The van der Waals surface area contributed by atoms with Gasteiger partial charge in [-0.1, -0.05) is 25.4 Å². The molecule has 2 nitrogen and oxygen atoms in total. The van der Waals surface area contributed by atoms with Crippen LogP contribution in [0.25, 0.3) is 0 Å². The monoisotopic (exact) mass is 286 g/mol. The topological polar surface area (TPSA) is 15.3 Å². The maximum absolute atomic E-state index is 6.01. The van der Waals surface area contributed by atoms with Crippen molar-refractivity contribution < 1.29 is 0 Å². The highest BCUT2D eigenvalue weighted by Gasteiger charge is 2.30. The summed E-state index contributed by atoms with van der Waals surface area (Å²) in [6, 6.07) is 4.16. The maximum atomic E-state index is 6.01. The van der Waals surface area contributed by atoms with E-state index in [0.717, 1.165) is 24.0 Å². The van der Waals surface area contributed by atoms with Crippen molar-refractivity contribution in [1.82, 2.24) is 10.2 Å². The lowest BCUT2D eigenvalue weighted by Gasteiger charge is -2.35. The molecule has 2 rings (SSSR count). The number of halogens is 1. The average molecular weight is 287 g/mol. The van der Waals surface area contributed by atoms with E-state index in [2.05, 4.69) is 30.1 Å². The summed E-state index contributed by atoms with van der Waals surface area (Å²) in [5.41, 5.74) is 0.303. The van der Waals surface area contributed by atoms with Crippen molar-refractivity contribution >= 4 is 22.9 Å². The molecule has 1 fully saturated rings. The van der Waals surface area contributed by atoms with Crippen LogP contribution in [0, 0.1) is 0 Å². The van der Waals surface area contributed by atoms with Crippen molar-refractivity contribution in [2.24, 2.45) is 0 Å². The summed E-state index contributed by atoms with van der Waals surface area (Å²) in [5, 5.41) is 3.75. The molecule has 1 aromatic rings. The van der Waals surface area contributed by atoms with Gasteiger partial charge in [-0.3, -0.25) is 4.90 Å². The summed E-state index contributed by atoms with van der Waals surface area (Å²) in [5.74, 6) is 0. The first-order valence-corrected chi connectivity index (χ1v) is 8.08. The van der Waals surface area contributed by atoms with Crippen molar-refractivity contribution in [2.45, 2.75) is 45.2 Å². The Morgan fingerprint density at radius 3 is 2.78 bits per heavy atom. The first-order valence-electron chi connectivity index (χ1n) is 6.89. The summed E-state index contributed by atoms with van der Waals surface area (Å²) in [6.07, 6.45) is 3.64. The van der Waals surface area contributed by atoms with Crippen LogP contribution in [-0.2, 0) is 6.54 Å². The van der Waals surface area contributed by atoms with Crippen molar-refractivity contribution in [3.05, 3.63) is 21.3 Å². The minimum Gasteiger partial charge on any atom is -0.310 e. The zero-order valence-corrected chi connectivity index (χ0v) is 12.9. The minimum absolute atomic E-state index is 0.303. The molecule has 102 valence electrons. The number of hydrogen-bond donors (Lipinski definition) is 1. The summed E-state index contributed by atoms with van der Waals surface area (Å²) in [4.78, 5) is 3.96. The molecule has 1 aliphatic heterocycles. The van der Waals surface area contributed by atoms with Crippen molar-refractivity contribution in [3.8, 4) is 0 Å². The first kappa shape index (κ1) is 14.3. The van der Waals surface area contributed by atoms with Gasteiger partial charge in [-0.05, 0) is 44.5 Å². The number of nitrogens with zero attached hydrogens (tertiary/aromatic N) is 1. The Hall–Kier alpha value is -0.0900. The number of hydrogen-bond acceptors (Lipinski definition) is 3. The molecule has 0 bridgehead atoms. The van der Waals surface area contributed by atoms with Gasteiger partial charge in [0.25, 0.3) is 0 Å². The van der Waals surface area contributed by atoms with Crippen LogP contribution in [0.15, 0.2) is 12.1 Å². The van der Waals surface area contributed by atoms with Gasteiger partial charge in [0, 0.05) is 23.5 Å². The molecule has 1 saturated heterocycles. The van der Waals surface area contributed by atoms with E-state index in [0.29, 0.717) is 5.54 Å². The van der Waals surface area contributed by atoms with E-state index in [1.807, 2.05) is 6.07 Å². The highest BCUT2D eigenvalue weighted by Crippen LogP contribution is 2.25. The maximum Gasteiger partial charge on any atom is 0.0931 e. The van der Waals surface area contributed by atoms with Crippen LogP contribution in [0.1, 0.15) is 38.0 Å². The highest BCUT2D eigenvalue weighted by atomic mass is 35.5. The highest BCUT2D eigenvalue weighted by molar-refractivity contribution is 7.16. The van der Waals surface area contributed by atoms with Gasteiger partial charge < -0.3 is 5.32 Å². The van der Waals surface area contributed by atoms with E-state index in [9.17, 15) is 0 Å². The SMILES string of the molecule is CCC1(CC)CN(Cc2ccc(Cl)s2)CCCN1. The second-order valence-electron chi connectivity index (χ2n) is 5.18. The second-order valence-corrected chi connectivity index (χ2v) is 6.98. The predicted octanol–water partition coefficient (Wildman–Crippen LogP) is 3.76. The molecule has 4 heteroatoms. The van der Waals surface area contributed by atoms with Gasteiger partial charge in [0.05, 0.1) is 4.34 Å². The lowest BCUT2D eigenvalue weighted by molar-refractivity contribution is 0.192. The molecule has 0 aromatic carbocycles. The van der Waals surface area contributed by atoms with Gasteiger partial charge in [-0.25, -0.2) is 0 Å². The lowest BCUT2D eigenvalue weighted by Crippen LogP contribution is -2.50. The fraction of sp³-hybridized carbons (Fsp3) is 0.714. The predicted molar refractivity (Wildman–Crippen MR) is 80.5 cm³/mol. The summed E-state index contributed by atoms with van der Waals surface area (Å²) < 4.78 is 0.898. The molecule has 0 saturated carbocycles. The molecule has 1 aromatic heterocycles. The van der Waals surface area contributed by atoms with E-state index < -0.39 is 0 Å². The number of thiophene rings is 1. The van der Waals surface area contributed by atoms with E-state index >= 15 is 0 Å². The summed E-state index contributed by atoms with van der Waals surface area (Å²) in [7, 11) is 0. The Labute approximate surface area is 119 Å². The third-order valence-electron chi connectivity index (χ3n) is 4.04. The smallest absolute Gasteiger partial charge is 0.0931 e. The molecule has 1 aliphatic rings.